The molecule has 44 heavy (non-hydrogen) atoms. The zero-order chi connectivity index (χ0) is 31.9. The third kappa shape index (κ3) is 4.86. The van der Waals surface area contributed by atoms with Crippen LogP contribution in [0.2, 0.25) is 0 Å². The smallest absolute Gasteiger partial charge is 0.334 e. The second-order valence-electron chi connectivity index (χ2n) is 15.4. The lowest BCUT2D eigenvalue weighted by Crippen LogP contribution is -2.60. The van der Waals surface area contributed by atoms with Gasteiger partial charge in [0.15, 0.2) is 6.29 Å². The van der Waals surface area contributed by atoms with E-state index in [4.69, 9.17) is 14.2 Å². The van der Waals surface area contributed by atoms with Crippen LogP contribution in [-0.2, 0) is 19.0 Å². The predicted octanol–water partition coefficient (Wildman–Crippen LogP) is 2.12. The van der Waals surface area contributed by atoms with Crippen molar-refractivity contribution in [3.63, 3.8) is 0 Å². The molecule has 0 spiro atoms. The van der Waals surface area contributed by atoms with Crippen molar-refractivity contribution >= 4 is 5.97 Å². The summed E-state index contributed by atoms with van der Waals surface area (Å²) >= 11 is 0. The minimum absolute atomic E-state index is 0.00213. The van der Waals surface area contributed by atoms with Crippen molar-refractivity contribution in [2.45, 2.75) is 141 Å². The molecule has 0 bridgehead atoms. The van der Waals surface area contributed by atoms with Gasteiger partial charge in [-0.25, -0.2) is 4.79 Å². The van der Waals surface area contributed by atoms with Crippen LogP contribution in [0.4, 0.5) is 0 Å². The van der Waals surface area contributed by atoms with E-state index in [-0.39, 0.29) is 23.2 Å². The number of rotatable bonds is 5. The van der Waals surface area contributed by atoms with E-state index in [9.17, 15) is 35.4 Å². The Labute approximate surface area is 260 Å². The molecule has 15 atom stereocenters. The SMILES string of the molecule is CC1=C(C)C(=O)OC(C(C)(O)C2CCC3C4CCC5=CC(OC6OC(CO)C(O)C(O)C6O)CC(O)C5(C)C4CCC32C)C1. The second kappa shape index (κ2) is 11.4. The Morgan fingerprint density at radius 1 is 1.02 bits per heavy atom. The number of cyclic esters (lactones) is 1. The zero-order valence-electron chi connectivity index (χ0n) is 26.7. The van der Waals surface area contributed by atoms with Crippen LogP contribution in [0.15, 0.2) is 22.8 Å². The highest BCUT2D eigenvalue weighted by Crippen LogP contribution is 2.68. The molecule has 6 N–H and O–H groups in total. The van der Waals surface area contributed by atoms with Crippen LogP contribution >= 0.6 is 0 Å². The van der Waals surface area contributed by atoms with Gasteiger partial charge in [0.2, 0.25) is 0 Å². The summed E-state index contributed by atoms with van der Waals surface area (Å²) in [7, 11) is 0. The molecular weight excluding hydrogens is 568 g/mol. The summed E-state index contributed by atoms with van der Waals surface area (Å²) in [6, 6.07) is 0. The van der Waals surface area contributed by atoms with Crippen molar-refractivity contribution in [1.29, 1.82) is 0 Å². The molecule has 4 fully saturated rings. The van der Waals surface area contributed by atoms with Crippen LogP contribution in [-0.4, -0.2) is 97.8 Å². The lowest BCUT2D eigenvalue weighted by atomic mass is 9.45. The number of aliphatic hydroxyl groups excluding tert-OH is 5. The van der Waals surface area contributed by atoms with Gasteiger partial charge in [-0.1, -0.05) is 31.1 Å². The Kier molecular flexibility index (Phi) is 8.44. The standard InChI is InChI=1S/C34H52O10/c1-16-12-26(44-30(40)17(16)2)34(5,41)24-9-8-21-20-7-6-18-13-19(42-31-29(39)28(38)27(37)23(15-35)43-31)14-25(36)33(18,4)22(20)10-11-32(21,24)3/h13,19-29,31,35-39,41H,6-12,14-15H2,1-5H3. The molecule has 1 saturated heterocycles. The first-order valence-electron chi connectivity index (χ1n) is 16.6. The highest BCUT2D eigenvalue weighted by Gasteiger charge is 2.64. The first kappa shape index (κ1) is 32.6. The molecule has 6 aliphatic rings. The van der Waals surface area contributed by atoms with Gasteiger partial charge in [0.1, 0.15) is 36.1 Å². The Bertz CT molecular complexity index is 1190. The van der Waals surface area contributed by atoms with E-state index in [1.54, 1.807) is 6.92 Å². The van der Waals surface area contributed by atoms with Gasteiger partial charge in [0, 0.05) is 23.8 Å². The summed E-state index contributed by atoms with van der Waals surface area (Å²) in [4.78, 5) is 12.6. The average molecular weight is 621 g/mol. The van der Waals surface area contributed by atoms with Crippen molar-refractivity contribution in [1.82, 2.24) is 0 Å². The minimum Gasteiger partial charge on any atom is -0.456 e. The maximum Gasteiger partial charge on any atom is 0.334 e. The molecule has 0 amide bonds. The molecule has 2 heterocycles. The van der Waals surface area contributed by atoms with E-state index in [1.807, 2.05) is 13.8 Å². The van der Waals surface area contributed by atoms with E-state index in [2.05, 4.69) is 19.9 Å². The Balaban J connectivity index is 1.19. The van der Waals surface area contributed by atoms with Crippen molar-refractivity contribution in [2.75, 3.05) is 6.61 Å². The van der Waals surface area contributed by atoms with Gasteiger partial charge in [-0.2, -0.15) is 0 Å². The van der Waals surface area contributed by atoms with Gasteiger partial charge in [-0.05, 0) is 88.4 Å². The van der Waals surface area contributed by atoms with Gasteiger partial charge in [0.25, 0.3) is 0 Å². The molecule has 0 radical (unpaired) electrons. The maximum absolute atomic E-state index is 12.6. The van der Waals surface area contributed by atoms with Crippen molar-refractivity contribution < 1.29 is 49.6 Å². The van der Waals surface area contributed by atoms with Crippen LogP contribution < -0.4 is 0 Å². The van der Waals surface area contributed by atoms with E-state index in [1.165, 1.54) is 0 Å². The summed E-state index contributed by atoms with van der Waals surface area (Å²) in [6.45, 7) is 9.58. The predicted molar refractivity (Wildman–Crippen MR) is 159 cm³/mol. The number of fused-ring (bicyclic) bond motifs is 5. The van der Waals surface area contributed by atoms with Crippen LogP contribution in [0.1, 0.15) is 86.0 Å². The van der Waals surface area contributed by atoms with Crippen LogP contribution in [0.5, 0.6) is 0 Å². The minimum atomic E-state index is -1.52. The fraction of sp³-hybridized carbons (Fsp3) is 0.853. The van der Waals surface area contributed by atoms with E-state index >= 15 is 0 Å². The third-order valence-corrected chi connectivity index (χ3v) is 13.4. The Morgan fingerprint density at radius 3 is 2.43 bits per heavy atom. The zero-order valence-corrected chi connectivity index (χ0v) is 26.7. The second-order valence-corrected chi connectivity index (χ2v) is 15.4. The first-order valence-corrected chi connectivity index (χ1v) is 16.6. The lowest BCUT2D eigenvalue weighted by molar-refractivity contribution is -0.310. The monoisotopic (exact) mass is 620 g/mol. The van der Waals surface area contributed by atoms with E-state index < -0.39 is 66.6 Å². The number of hydrogen-bond donors (Lipinski definition) is 6. The molecule has 10 heteroatoms. The fourth-order valence-electron chi connectivity index (χ4n) is 10.6. The summed E-state index contributed by atoms with van der Waals surface area (Å²) in [5.41, 5.74) is 1.08. The first-order chi connectivity index (χ1) is 20.6. The summed E-state index contributed by atoms with van der Waals surface area (Å²) in [5, 5.41) is 64.2. The van der Waals surface area contributed by atoms with Gasteiger partial charge in [-0.3, -0.25) is 0 Å². The van der Waals surface area contributed by atoms with Crippen molar-refractivity contribution in [3.8, 4) is 0 Å². The summed E-state index contributed by atoms with van der Waals surface area (Å²) < 4.78 is 17.4. The molecule has 0 aromatic carbocycles. The van der Waals surface area contributed by atoms with Crippen LogP contribution in [0.3, 0.4) is 0 Å². The fourth-order valence-corrected chi connectivity index (χ4v) is 10.6. The molecule has 3 saturated carbocycles. The molecular formula is C34H52O10. The molecule has 6 rings (SSSR count). The molecule has 0 aromatic heterocycles. The van der Waals surface area contributed by atoms with Gasteiger partial charge < -0.3 is 44.8 Å². The third-order valence-electron chi connectivity index (χ3n) is 13.4. The summed E-state index contributed by atoms with van der Waals surface area (Å²) in [5.74, 6) is 0.730. The molecule has 10 nitrogen and oxygen atoms in total. The highest BCUT2D eigenvalue weighted by molar-refractivity contribution is 5.89. The van der Waals surface area contributed by atoms with Crippen molar-refractivity contribution in [3.05, 3.63) is 22.8 Å². The number of carbonyl (C=O) groups is 1. The number of carbonyl (C=O) groups excluding carboxylic acids is 1. The lowest BCUT2D eigenvalue weighted by Gasteiger charge is -2.60. The van der Waals surface area contributed by atoms with E-state index in [0.29, 0.717) is 30.3 Å². The van der Waals surface area contributed by atoms with Crippen LogP contribution in [0.25, 0.3) is 0 Å². The van der Waals surface area contributed by atoms with Gasteiger partial charge in [-0.15, -0.1) is 0 Å². The molecule has 248 valence electrons. The molecule has 4 aliphatic carbocycles. The number of ether oxygens (including phenoxy) is 3. The van der Waals surface area contributed by atoms with E-state index in [0.717, 1.165) is 49.7 Å². The number of hydrogen-bond acceptors (Lipinski definition) is 10. The average Bonchev–Trinajstić information content (AvgIpc) is 3.34. The largest absolute Gasteiger partial charge is 0.456 e. The quantitative estimate of drug-likeness (QED) is 0.198. The molecule has 15 unspecified atom stereocenters. The topological polar surface area (TPSA) is 166 Å². The maximum atomic E-state index is 12.6. The molecule has 0 aromatic rings. The van der Waals surface area contributed by atoms with Crippen molar-refractivity contribution in [2.24, 2.45) is 34.5 Å². The number of esters is 1. The number of aliphatic hydroxyl groups is 6. The summed E-state index contributed by atoms with van der Waals surface area (Å²) in [6.07, 6.45) is -0.139. The Morgan fingerprint density at radius 2 is 1.75 bits per heavy atom. The van der Waals surface area contributed by atoms with Gasteiger partial charge in [0.05, 0.1) is 18.8 Å². The molecule has 2 aliphatic heterocycles. The Hall–Kier alpha value is -1.37. The van der Waals surface area contributed by atoms with Gasteiger partial charge >= 0.3 is 5.97 Å². The normalized spacial score (nSPS) is 50.6. The van der Waals surface area contributed by atoms with Crippen LogP contribution in [0, 0.1) is 34.5 Å². The highest BCUT2D eigenvalue weighted by atomic mass is 16.7.